The Balaban J connectivity index is 2.23. The molecule has 0 amide bonds. The van der Waals surface area contributed by atoms with Crippen molar-refractivity contribution in [3.63, 3.8) is 0 Å². The predicted molar refractivity (Wildman–Crippen MR) is 78.9 cm³/mol. The molecule has 96 valence electrons. The monoisotopic (exact) mass is 347 g/mol. The van der Waals surface area contributed by atoms with Crippen LogP contribution in [0.4, 0.5) is 4.39 Å². The quantitative estimate of drug-likeness (QED) is 0.836. The average Bonchev–Trinajstić information content (AvgIpc) is 2.75. The molecule has 0 saturated heterocycles. The molecule has 5 heteroatoms. The molecule has 0 radical (unpaired) electrons. The highest BCUT2D eigenvalue weighted by Gasteiger charge is 2.14. The molecule has 0 aliphatic carbocycles. The van der Waals surface area contributed by atoms with Crippen LogP contribution in [0.5, 0.6) is 0 Å². The van der Waals surface area contributed by atoms with Crippen molar-refractivity contribution in [2.45, 2.75) is 12.5 Å². The van der Waals surface area contributed by atoms with Crippen molar-refractivity contribution < 1.29 is 4.39 Å². The van der Waals surface area contributed by atoms with Crippen LogP contribution in [0.25, 0.3) is 0 Å². The van der Waals surface area contributed by atoms with Gasteiger partial charge in [0.25, 0.3) is 0 Å². The van der Waals surface area contributed by atoms with Gasteiger partial charge < -0.3 is 5.32 Å². The van der Waals surface area contributed by atoms with E-state index in [1.165, 1.54) is 10.9 Å². The number of rotatable bonds is 4. The van der Waals surface area contributed by atoms with E-state index in [-0.39, 0.29) is 16.9 Å². The molecular formula is C13H12BrClFNS. The van der Waals surface area contributed by atoms with E-state index in [9.17, 15) is 4.39 Å². The van der Waals surface area contributed by atoms with Gasteiger partial charge in [0.2, 0.25) is 0 Å². The molecule has 1 unspecified atom stereocenters. The van der Waals surface area contributed by atoms with E-state index >= 15 is 0 Å². The molecule has 1 aromatic heterocycles. The van der Waals surface area contributed by atoms with Crippen LogP contribution in [0.15, 0.2) is 34.1 Å². The standard InChI is InChI=1S/C13H12BrClFNS/c1-17-12(7-13-9(14)4-5-18-13)8-2-3-10(15)11(16)6-8/h2-6,12,17H,7H2,1H3. The van der Waals surface area contributed by atoms with Gasteiger partial charge in [-0.3, -0.25) is 0 Å². The van der Waals surface area contributed by atoms with Crippen LogP contribution in [-0.2, 0) is 6.42 Å². The highest BCUT2D eigenvalue weighted by atomic mass is 79.9. The molecule has 2 aromatic rings. The predicted octanol–water partition coefficient (Wildman–Crippen LogP) is 4.81. The molecule has 1 N–H and O–H groups in total. The summed E-state index contributed by atoms with van der Waals surface area (Å²) >= 11 is 10.9. The Morgan fingerprint density at radius 3 is 2.78 bits per heavy atom. The van der Waals surface area contributed by atoms with Crippen LogP contribution in [0.2, 0.25) is 5.02 Å². The topological polar surface area (TPSA) is 12.0 Å². The minimum atomic E-state index is -0.375. The van der Waals surface area contributed by atoms with Crippen LogP contribution in [0.1, 0.15) is 16.5 Å². The van der Waals surface area contributed by atoms with Gasteiger partial charge in [0, 0.05) is 21.8 Å². The number of benzene rings is 1. The van der Waals surface area contributed by atoms with E-state index in [0.717, 1.165) is 16.5 Å². The van der Waals surface area contributed by atoms with Gasteiger partial charge in [0.05, 0.1) is 5.02 Å². The third-order valence-electron chi connectivity index (χ3n) is 2.78. The molecule has 2 rings (SSSR count). The van der Waals surface area contributed by atoms with Crippen LogP contribution >= 0.6 is 38.9 Å². The Morgan fingerprint density at radius 1 is 1.44 bits per heavy atom. The molecule has 1 aromatic carbocycles. The number of nitrogens with one attached hydrogen (secondary N) is 1. The van der Waals surface area contributed by atoms with Gasteiger partial charge in [0.1, 0.15) is 5.82 Å². The Labute approximate surface area is 123 Å². The first-order valence-corrected chi connectivity index (χ1v) is 7.51. The van der Waals surface area contributed by atoms with Crippen LogP contribution < -0.4 is 5.32 Å². The maximum absolute atomic E-state index is 13.5. The lowest BCUT2D eigenvalue weighted by molar-refractivity contribution is 0.580. The Hall–Kier alpha value is -0.420. The Morgan fingerprint density at radius 2 is 2.22 bits per heavy atom. The summed E-state index contributed by atoms with van der Waals surface area (Å²) in [5.74, 6) is -0.375. The summed E-state index contributed by atoms with van der Waals surface area (Å²) in [6.07, 6.45) is 0.815. The molecule has 0 fully saturated rings. The summed E-state index contributed by atoms with van der Waals surface area (Å²) in [5.41, 5.74) is 0.903. The fraction of sp³-hybridized carbons (Fsp3) is 0.231. The third kappa shape index (κ3) is 3.12. The Kier molecular flexibility index (Phi) is 4.78. The third-order valence-corrected chi connectivity index (χ3v) is 5.03. The molecule has 1 nitrogen and oxygen atoms in total. The molecule has 1 heterocycles. The summed E-state index contributed by atoms with van der Waals surface area (Å²) < 4.78 is 14.6. The SMILES string of the molecule is CNC(Cc1sccc1Br)c1ccc(Cl)c(F)c1. The number of thiophene rings is 1. The van der Waals surface area contributed by atoms with Crippen LogP contribution in [-0.4, -0.2) is 7.05 Å². The first-order chi connectivity index (χ1) is 8.61. The molecule has 0 saturated carbocycles. The molecule has 0 aliphatic heterocycles. The van der Waals surface area contributed by atoms with E-state index in [2.05, 4.69) is 21.2 Å². The fourth-order valence-electron chi connectivity index (χ4n) is 1.77. The molecule has 18 heavy (non-hydrogen) atoms. The number of hydrogen-bond acceptors (Lipinski definition) is 2. The minimum absolute atomic E-state index is 0.0757. The highest BCUT2D eigenvalue weighted by molar-refractivity contribution is 9.10. The second kappa shape index (κ2) is 6.15. The number of likely N-dealkylation sites (N-methyl/N-ethyl adjacent to an activating group) is 1. The molecular weight excluding hydrogens is 337 g/mol. The van der Waals surface area contributed by atoms with Crippen LogP contribution in [0, 0.1) is 5.82 Å². The minimum Gasteiger partial charge on any atom is -0.313 e. The van der Waals surface area contributed by atoms with Gasteiger partial charge in [-0.15, -0.1) is 11.3 Å². The van der Waals surface area contributed by atoms with E-state index in [0.29, 0.717) is 0 Å². The molecule has 0 spiro atoms. The summed E-state index contributed by atoms with van der Waals surface area (Å²) in [6.45, 7) is 0. The van der Waals surface area contributed by atoms with E-state index < -0.39 is 0 Å². The second-order valence-corrected chi connectivity index (χ2v) is 6.17. The van der Waals surface area contributed by atoms with Gasteiger partial charge in [-0.2, -0.15) is 0 Å². The number of halogens is 3. The summed E-state index contributed by atoms with van der Waals surface area (Å²) in [7, 11) is 1.87. The second-order valence-electron chi connectivity index (χ2n) is 3.91. The lowest BCUT2D eigenvalue weighted by atomic mass is 10.0. The van der Waals surface area contributed by atoms with E-state index in [1.54, 1.807) is 17.4 Å². The highest BCUT2D eigenvalue weighted by Crippen LogP contribution is 2.29. The normalized spacial score (nSPS) is 12.7. The smallest absolute Gasteiger partial charge is 0.142 e. The van der Waals surface area contributed by atoms with Gasteiger partial charge in [-0.05, 0) is 52.1 Å². The average molecular weight is 349 g/mol. The van der Waals surface area contributed by atoms with Crippen molar-refractivity contribution in [1.82, 2.24) is 5.32 Å². The first-order valence-electron chi connectivity index (χ1n) is 5.46. The largest absolute Gasteiger partial charge is 0.313 e. The van der Waals surface area contributed by atoms with Crippen molar-refractivity contribution in [2.24, 2.45) is 0 Å². The zero-order valence-electron chi connectivity index (χ0n) is 9.71. The van der Waals surface area contributed by atoms with Crippen molar-refractivity contribution in [2.75, 3.05) is 7.05 Å². The van der Waals surface area contributed by atoms with Crippen LogP contribution in [0.3, 0.4) is 0 Å². The molecule has 0 bridgehead atoms. The molecule has 1 atom stereocenters. The number of hydrogen-bond donors (Lipinski definition) is 1. The Bertz CT molecular complexity index is 544. The summed E-state index contributed by atoms with van der Waals surface area (Å²) in [4.78, 5) is 1.24. The van der Waals surface area contributed by atoms with Gasteiger partial charge in [-0.25, -0.2) is 4.39 Å². The lowest BCUT2D eigenvalue weighted by Gasteiger charge is -2.16. The van der Waals surface area contributed by atoms with E-state index in [1.807, 2.05) is 24.6 Å². The first kappa shape index (κ1) is 14.0. The van der Waals surface area contributed by atoms with Crippen molar-refractivity contribution in [3.05, 3.63) is 55.4 Å². The fourth-order valence-corrected chi connectivity index (χ4v) is 3.45. The molecule has 0 aliphatic rings. The zero-order valence-corrected chi connectivity index (χ0v) is 12.9. The maximum Gasteiger partial charge on any atom is 0.142 e. The van der Waals surface area contributed by atoms with Gasteiger partial charge in [0.15, 0.2) is 0 Å². The summed E-state index contributed by atoms with van der Waals surface area (Å²) in [5, 5.41) is 5.40. The van der Waals surface area contributed by atoms with Gasteiger partial charge in [-0.1, -0.05) is 17.7 Å². The van der Waals surface area contributed by atoms with E-state index in [4.69, 9.17) is 11.6 Å². The van der Waals surface area contributed by atoms with Crippen molar-refractivity contribution >= 4 is 38.9 Å². The summed E-state index contributed by atoms with van der Waals surface area (Å²) in [6, 6.07) is 7.04. The maximum atomic E-state index is 13.5. The zero-order chi connectivity index (χ0) is 13.1. The van der Waals surface area contributed by atoms with Crippen molar-refractivity contribution in [1.29, 1.82) is 0 Å². The van der Waals surface area contributed by atoms with Crippen molar-refractivity contribution in [3.8, 4) is 0 Å². The van der Waals surface area contributed by atoms with Gasteiger partial charge >= 0.3 is 0 Å². The lowest BCUT2D eigenvalue weighted by Crippen LogP contribution is -2.18.